The Morgan fingerprint density at radius 1 is 1.16 bits per heavy atom. The molecule has 0 saturated heterocycles. The van der Waals surface area contributed by atoms with Gasteiger partial charge in [-0.1, -0.05) is 48.9 Å². The fourth-order valence-electron chi connectivity index (χ4n) is 3.70. The number of anilines is 3. The van der Waals surface area contributed by atoms with Crippen molar-refractivity contribution in [2.45, 2.75) is 19.4 Å². The maximum Gasteiger partial charge on any atom is 0.264 e. The second-order valence-electron chi connectivity index (χ2n) is 7.16. The monoisotopic (exact) mass is 445 g/mol. The molecule has 0 spiro atoms. The second-order valence-corrected chi connectivity index (χ2v) is 7.56. The highest BCUT2D eigenvalue weighted by molar-refractivity contribution is 6.35. The first-order chi connectivity index (χ1) is 15.4. The summed E-state index contributed by atoms with van der Waals surface area (Å²) >= 11 is 6.38. The number of fused-ring (bicyclic) bond motifs is 1. The number of para-hydroxylation sites is 1. The number of nitrogen functional groups attached to an aromatic ring is 2. The van der Waals surface area contributed by atoms with Gasteiger partial charge in [0.15, 0.2) is 5.82 Å². The number of nitrogens with two attached hydrogens (primary N) is 2. The smallest absolute Gasteiger partial charge is 0.264 e. The number of benzene rings is 2. The molecule has 0 radical (unpaired) electrons. The molecular formula is C23H20ClN7O. The summed E-state index contributed by atoms with van der Waals surface area (Å²) in [7, 11) is 0. The summed E-state index contributed by atoms with van der Waals surface area (Å²) in [6, 6.07) is 18.2. The first kappa shape index (κ1) is 21.2. The summed E-state index contributed by atoms with van der Waals surface area (Å²) in [6.07, 6.45) is 0.576. The average Bonchev–Trinajstić information content (AvgIpc) is 2.77. The molecule has 0 amide bonds. The number of hydrogen-bond acceptors (Lipinski definition) is 7. The Kier molecular flexibility index (Phi) is 5.67. The third-order valence-electron chi connectivity index (χ3n) is 5.18. The highest BCUT2D eigenvalue weighted by Gasteiger charge is 2.22. The van der Waals surface area contributed by atoms with Gasteiger partial charge in [-0.3, -0.25) is 9.36 Å². The van der Waals surface area contributed by atoms with Crippen LogP contribution in [0, 0.1) is 11.3 Å². The van der Waals surface area contributed by atoms with Crippen molar-refractivity contribution in [3.05, 3.63) is 81.2 Å². The fourth-order valence-corrected chi connectivity index (χ4v) is 3.96. The van der Waals surface area contributed by atoms with Crippen LogP contribution in [0.25, 0.3) is 16.5 Å². The lowest BCUT2D eigenvalue weighted by atomic mass is 10.0. The van der Waals surface area contributed by atoms with E-state index in [-0.39, 0.29) is 28.7 Å². The summed E-state index contributed by atoms with van der Waals surface area (Å²) in [5.41, 5.74) is 12.8. The van der Waals surface area contributed by atoms with Gasteiger partial charge in [0.25, 0.3) is 5.56 Å². The molecule has 5 N–H and O–H groups in total. The maximum atomic E-state index is 13.6. The number of nitrogens with zero attached hydrogens (tertiary/aromatic N) is 4. The topological polar surface area (TPSA) is 136 Å². The molecule has 0 fully saturated rings. The highest BCUT2D eigenvalue weighted by atomic mass is 35.5. The van der Waals surface area contributed by atoms with Gasteiger partial charge in [0.05, 0.1) is 16.5 Å². The van der Waals surface area contributed by atoms with Crippen LogP contribution in [0.1, 0.15) is 30.6 Å². The van der Waals surface area contributed by atoms with Gasteiger partial charge in [-0.2, -0.15) is 15.2 Å². The van der Waals surface area contributed by atoms with E-state index < -0.39 is 6.04 Å². The van der Waals surface area contributed by atoms with Crippen LogP contribution in [-0.4, -0.2) is 14.5 Å². The van der Waals surface area contributed by atoms with Crippen molar-refractivity contribution < 1.29 is 0 Å². The van der Waals surface area contributed by atoms with Crippen LogP contribution in [-0.2, 0) is 0 Å². The lowest BCUT2D eigenvalue weighted by molar-refractivity contribution is 0.688. The lowest BCUT2D eigenvalue weighted by Crippen LogP contribution is -2.27. The van der Waals surface area contributed by atoms with Crippen molar-refractivity contribution in [1.29, 1.82) is 5.26 Å². The Labute approximate surface area is 189 Å². The van der Waals surface area contributed by atoms with E-state index in [9.17, 15) is 10.1 Å². The maximum absolute atomic E-state index is 13.6. The third kappa shape index (κ3) is 3.70. The largest absolute Gasteiger partial charge is 0.382 e. The van der Waals surface area contributed by atoms with E-state index in [2.05, 4.69) is 15.3 Å². The molecule has 0 unspecified atom stereocenters. The predicted molar refractivity (Wildman–Crippen MR) is 127 cm³/mol. The zero-order valence-electron chi connectivity index (χ0n) is 17.2. The molecule has 8 nitrogen and oxygen atoms in total. The van der Waals surface area contributed by atoms with Gasteiger partial charge in [-0.15, -0.1) is 0 Å². The molecule has 0 aliphatic rings. The second kappa shape index (κ2) is 8.57. The van der Waals surface area contributed by atoms with E-state index in [1.165, 1.54) is 0 Å². The van der Waals surface area contributed by atoms with Crippen molar-refractivity contribution in [2.24, 2.45) is 0 Å². The lowest BCUT2D eigenvalue weighted by Gasteiger charge is -2.24. The molecule has 9 heteroatoms. The van der Waals surface area contributed by atoms with Gasteiger partial charge in [-0.05, 0) is 36.1 Å². The number of nitrogens with one attached hydrogen (secondary N) is 1. The standard InChI is InChI=1S/C23H20ClN7O/c1-2-17(28-21-15(12-25)20(26)29-23(27)30-21)18-11-13-7-6-10-16(24)19(13)22(32)31(18)14-8-4-3-5-9-14/h3-11,17H,2H2,1H3,(H5,26,27,28,29,30)/t17-/m0/s1. The minimum absolute atomic E-state index is 0.0110. The Hall–Kier alpha value is -4.09. The molecule has 160 valence electrons. The number of pyridine rings is 1. The summed E-state index contributed by atoms with van der Waals surface area (Å²) in [5, 5.41) is 14.3. The molecule has 0 aliphatic carbocycles. The molecule has 4 aromatic rings. The number of nitriles is 1. The van der Waals surface area contributed by atoms with Crippen molar-refractivity contribution in [3.63, 3.8) is 0 Å². The van der Waals surface area contributed by atoms with Gasteiger partial charge in [0.2, 0.25) is 5.95 Å². The summed E-state index contributed by atoms with van der Waals surface area (Å²) < 4.78 is 1.62. The minimum atomic E-state index is -0.396. The quantitative estimate of drug-likeness (QED) is 0.421. The third-order valence-corrected chi connectivity index (χ3v) is 5.50. The summed E-state index contributed by atoms with van der Waals surface area (Å²) in [4.78, 5) is 21.6. The van der Waals surface area contributed by atoms with E-state index in [0.717, 1.165) is 0 Å². The van der Waals surface area contributed by atoms with E-state index in [1.54, 1.807) is 16.7 Å². The van der Waals surface area contributed by atoms with Gasteiger partial charge in [0.1, 0.15) is 17.5 Å². The Bertz CT molecular complexity index is 1410. The van der Waals surface area contributed by atoms with Crippen LogP contribution >= 0.6 is 11.6 Å². The number of halogens is 1. The molecular weight excluding hydrogens is 426 g/mol. The predicted octanol–water partition coefficient (Wildman–Crippen LogP) is 4.03. The molecule has 1 atom stereocenters. The minimum Gasteiger partial charge on any atom is -0.382 e. The zero-order chi connectivity index (χ0) is 22.8. The molecule has 2 heterocycles. The van der Waals surface area contributed by atoms with E-state index in [1.807, 2.05) is 55.5 Å². The van der Waals surface area contributed by atoms with E-state index in [4.69, 9.17) is 23.1 Å². The Morgan fingerprint density at radius 2 is 1.91 bits per heavy atom. The molecule has 2 aromatic heterocycles. The van der Waals surface area contributed by atoms with E-state index in [0.29, 0.717) is 33.6 Å². The molecule has 0 bridgehead atoms. The molecule has 0 aliphatic heterocycles. The van der Waals surface area contributed by atoms with Crippen LogP contribution in [0.5, 0.6) is 0 Å². The normalized spacial score (nSPS) is 11.8. The fraction of sp³-hybridized carbons (Fsp3) is 0.130. The summed E-state index contributed by atoms with van der Waals surface area (Å²) in [5.74, 6) is 0.148. The SMILES string of the molecule is CC[C@H](Nc1nc(N)nc(N)c1C#N)c1cc2cccc(Cl)c2c(=O)n1-c1ccccc1. The van der Waals surface area contributed by atoms with Gasteiger partial charge >= 0.3 is 0 Å². The van der Waals surface area contributed by atoms with Crippen LogP contribution < -0.4 is 22.3 Å². The number of hydrogen-bond donors (Lipinski definition) is 3. The average molecular weight is 446 g/mol. The van der Waals surface area contributed by atoms with Crippen molar-refractivity contribution in [3.8, 4) is 11.8 Å². The van der Waals surface area contributed by atoms with Crippen LogP contribution in [0.3, 0.4) is 0 Å². The van der Waals surface area contributed by atoms with Crippen LogP contribution in [0.15, 0.2) is 59.4 Å². The van der Waals surface area contributed by atoms with Gasteiger partial charge < -0.3 is 16.8 Å². The number of rotatable bonds is 5. The molecule has 32 heavy (non-hydrogen) atoms. The van der Waals surface area contributed by atoms with E-state index >= 15 is 0 Å². The number of aromatic nitrogens is 3. The Balaban J connectivity index is 1.97. The Morgan fingerprint density at radius 3 is 2.59 bits per heavy atom. The molecule has 4 rings (SSSR count). The highest BCUT2D eigenvalue weighted by Crippen LogP contribution is 2.30. The zero-order valence-corrected chi connectivity index (χ0v) is 18.0. The molecule has 0 saturated carbocycles. The van der Waals surface area contributed by atoms with Crippen molar-refractivity contribution >= 4 is 40.0 Å². The van der Waals surface area contributed by atoms with Gasteiger partial charge in [0, 0.05) is 11.4 Å². The van der Waals surface area contributed by atoms with Crippen LogP contribution in [0.4, 0.5) is 17.6 Å². The first-order valence-corrected chi connectivity index (χ1v) is 10.3. The van der Waals surface area contributed by atoms with Crippen molar-refractivity contribution in [1.82, 2.24) is 14.5 Å². The summed E-state index contributed by atoms with van der Waals surface area (Å²) in [6.45, 7) is 1.96. The van der Waals surface area contributed by atoms with Gasteiger partial charge in [-0.25, -0.2) is 0 Å². The van der Waals surface area contributed by atoms with Crippen molar-refractivity contribution in [2.75, 3.05) is 16.8 Å². The van der Waals surface area contributed by atoms with Crippen LogP contribution in [0.2, 0.25) is 5.02 Å². The first-order valence-electron chi connectivity index (χ1n) is 9.93. The molecule has 2 aromatic carbocycles.